The minimum absolute atomic E-state index is 0.0641. The second-order valence-electron chi connectivity index (χ2n) is 5.81. The van der Waals surface area contributed by atoms with Gasteiger partial charge in [-0.3, -0.25) is 9.78 Å². The number of hydrogen-bond acceptors (Lipinski definition) is 4. The highest BCUT2D eigenvalue weighted by molar-refractivity contribution is 5.97. The lowest BCUT2D eigenvalue weighted by Crippen LogP contribution is -2.32. The van der Waals surface area contributed by atoms with Gasteiger partial charge in [-0.15, -0.1) is 0 Å². The Bertz CT molecular complexity index is 661. The number of ether oxygens (including phenoxy) is 2. The Morgan fingerprint density at radius 2 is 1.92 bits per heavy atom. The summed E-state index contributed by atoms with van der Waals surface area (Å²) in [5.41, 5.74) is 1.45. The van der Waals surface area contributed by atoms with Crippen LogP contribution in [0.3, 0.4) is 0 Å². The molecule has 134 valence electrons. The van der Waals surface area contributed by atoms with E-state index in [4.69, 9.17) is 9.47 Å². The molecule has 1 aromatic carbocycles. The number of carbonyl (C=O) groups excluding carboxylic acids is 1. The number of nitrogens with zero attached hydrogens (tertiary/aromatic N) is 2. The third kappa shape index (κ3) is 5.03. The van der Waals surface area contributed by atoms with Crippen LogP contribution in [0, 0.1) is 0 Å². The third-order valence-electron chi connectivity index (χ3n) is 4.04. The second-order valence-corrected chi connectivity index (χ2v) is 5.81. The SMILES string of the molecule is CCCC(c1ccccn1)N(C)C(=O)c1ccccc1OCCOC. The van der Waals surface area contributed by atoms with Gasteiger partial charge in [0, 0.05) is 20.4 Å². The van der Waals surface area contributed by atoms with E-state index in [1.54, 1.807) is 24.3 Å². The van der Waals surface area contributed by atoms with Crippen molar-refractivity contribution in [3.63, 3.8) is 0 Å². The van der Waals surface area contributed by atoms with Crippen LogP contribution in [0.1, 0.15) is 41.9 Å². The van der Waals surface area contributed by atoms with E-state index < -0.39 is 0 Å². The van der Waals surface area contributed by atoms with Crippen LogP contribution in [0.2, 0.25) is 0 Å². The summed E-state index contributed by atoms with van der Waals surface area (Å²) in [6.45, 7) is 2.99. The lowest BCUT2D eigenvalue weighted by Gasteiger charge is -2.28. The predicted molar refractivity (Wildman–Crippen MR) is 97.8 cm³/mol. The van der Waals surface area contributed by atoms with Gasteiger partial charge in [-0.25, -0.2) is 0 Å². The summed E-state index contributed by atoms with van der Waals surface area (Å²) in [6.07, 6.45) is 3.58. The highest BCUT2D eigenvalue weighted by Crippen LogP contribution is 2.27. The standard InChI is InChI=1S/C20H26N2O3/c1-4-9-18(17-11-7-8-13-21-17)22(2)20(23)16-10-5-6-12-19(16)25-15-14-24-3/h5-8,10-13,18H,4,9,14-15H2,1-3H3. The van der Waals surface area contributed by atoms with Crippen LogP contribution in [-0.2, 0) is 4.74 Å². The molecule has 5 nitrogen and oxygen atoms in total. The summed E-state index contributed by atoms with van der Waals surface area (Å²) in [5.74, 6) is 0.504. The molecule has 0 saturated carbocycles. The number of hydrogen-bond donors (Lipinski definition) is 0. The van der Waals surface area contributed by atoms with Crippen molar-refractivity contribution in [1.29, 1.82) is 0 Å². The molecule has 2 aromatic rings. The van der Waals surface area contributed by atoms with Crippen LogP contribution in [0.25, 0.3) is 0 Å². The van der Waals surface area contributed by atoms with Gasteiger partial charge in [0.25, 0.3) is 5.91 Å². The van der Waals surface area contributed by atoms with Gasteiger partial charge in [0.15, 0.2) is 0 Å². The summed E-state index contributed by atoms with van der Waals surface area (Å²) in [7, 11) is 3.44. The molecule has 0 aliphatic rings. The smallest absolute Gasteiger partial charge is 0.257 e. The number of methoxy groups -OCH3 is 1. The quantitative estimate of drug-likeness (QED) is 0.652. The Balaban J connectivity index is 2.23. The zero-order valence-electron chi connectivity index (χ0n) is 15.1. The molecular formula is C20H26N2O3. The topological polar surface area (TPSA) is 51.7 Å². The van der Waals surface area contributed by atoms with Crippen LogP contribution in [0.4, 0.5) is 0 Å². The van der Waals surface area contributed by atoms with Crippen LogP contribution in [-0.4, -0.2) is 43.2 Å². The fourth-order valence-electron chi connectivity index (χ4n) is 2.72. The molecule has 0 aliphatic heterocycles. The highest BCUT2D eigenvalue weighted by Gasteiger charge is 2.25. The van der Waals surface area contributed by atoms with E-state index in [0.717, 1.165) is 18.5 Å². The van der Waals surface area contributed by atoms with Gasteiger partial charge in [0.2, 0.25) is 0 Å². The number of aromatic nitrogens is 1. The number of benzene rings is 1. The van der Waals surface area contributed by atoms with Crippen LogP contribution < -0.4 is 4.74 Å². The summed E-state index contributed by atoms with van der Waals surface area (Å²) >= 11 is 0. The first-order valence-electron chi connectivity index (χ1n) is 8.57. The van der Waals surface area contributed by atoms with Gasteiger partial charge < -0.3 is 14.4 Å². The normalized spacial score (nSPS) is 11.8. The zero-order valence-corrected chi connectivity index (χ0v) is 15.1. The molecule has 1 aromatic heterocycles. The Kier molecular flexibility index (Phi) is 7.41. The largest absolute Gasteiger partial charge is 0.490 e. The van der Waals surface area contributed by atoms with Gasteiger partial charge in [0.05, 0.1) is 23.9 Å². The van der Waals surface area contributed by atoms with E-state index in [0.29, 0.717) is 24.5 Å². The Labute approximate surface area is 149 Å². The average molecular weight is 342 g/mol. The fourth-order valence-corrected chi connectivity index (χ4v) is 2.72. The molecule has 25 heavy (non-hydrogen) atoms. The van der Waals surface area contributed by atoms with Gasteiger partial charge in [0.1, 0.15) is 12.4 Å². The van der Waals surface area contributed by atoms with E-state index >= 15 is 0 Å². The van der Waals surface area contributed by atoms with Crippen molar-refractivity contribution in [2.75, 3.05) is 27.4 Å². The highest BCUT2D eigenvalue weighted by atomic mass is 16.5. The number of carbonyl (C=O) groups is 1. The summed E-state index contributed by atoms with van der Waals surface area (Å²) in [5, 5.41) is 0. The van der Waals surface area contributed by atoms with Crippen LogP contribution >= 0.6 is 0 Å². The van der Waals surface area contributed by atoms with Crippen LogP contribution in [0.15, 0.2) is 48.7 Å². The molecule has 0 radical (unpaired) electrons. The van der Waals surface area contributed by atoms with Gasteiger partial charge in [-0.05, 0) is 30.7 Å². The molecule has 1 unspecified atom stereocenters. The second kappa shape index (κ2) is 9.79. The van der Waals surface area contributed by atoms with E-state index in [1.165, 1.54) is 0 Å². The molecule has 0 N–H and O–H groups in total. The Morgan fingerprint density at radius 3 is 2.60 bits per heavy atom. The Hall–Kier alpha value is -2.40. The van der Waals surface area contributed by atoms with E-state index in [1.807, 2.05) is 43.4 Å². The fraction of sp³-hybridized carbons (Fsp3) is 0.400. The minimum atomic E-state index is -0.0721. The summed E-state index contributed by atoms with van der Waals surface area (Å²) in [4.78, 5) is 19.3. The van der Waals surface area contributed by atoms with Crippen molar-refractivity contribution < 1.29 is 14.3 Å². The molecule has 0 spiro atoms. The van der Waals surface area contributed by atoms with Crippen molar-refractivity contribution in [3.05, 3.63) is 59.9 Å². The molecule has 1 amide bonds. The number of pyridine rings is 1. The molecule has 0 fully saturated rings. The van der Waals surface area contributed by atoms with Crippen molar-refractivity contribution in [3.8, 4) is 5.75 Å². The van der Waals surface area contributed by atoms with Gasteiger partial charge in [-0.1, -0.05) is 31.5 Å². The number of amides is 1. The molecule has 0 aliphatic carbocycles. The summed E-state index contributed by atoms with van der Waals surface area (Å²) < 4.78 is 10.7. The van der Waals surface area contributed by atoms with E-state index in [-0.39, 0.29) is 11.9 Å². The molecular weight excluding hydrogens is 316 g/mol. The first kappa shape index (κ1) is 18.9. The third-order valence-corrected chi connectivity index (χ3v) is 4.04. The molecule has 0 saturated heterocycles. The maximum atomic E-state index is 13.1. The van der Waals surface area contributed by atoms with Crippen molar-refractivity contribution in [2.24, 2.45) is 0 Å². The predicted octanol–water partition coefficient (Wildman–Crippen LogP) is 3.72. The lowest BCUT2D eigenvalue weighted by atomic mass is 10.0. The van der Waals surface area contributed by atoms with Crippen LogP contribution in [0.5, 0.6) is 5.75 Å². The minimum Gasteiger partial charge on any atom is -0.490 e. The van der Waals surface area contributed by atoms with Gasteiger partial charge in [-0.2, -0.15) is 0 Å². The lowest BCUT2D eigenvalue weighted by molar-refractivity contribution is 0.0711. The monoisotopic (exact) mass is 342 g/mol. The molecule has 1 atom stereocenters. The molecule has 0 bridgehead atoms. The number of rotatable bonds is 9. The van der Waals surface area contributed by atoms with E-state index in [2.05, 4.69) is 11.9 Å². The summed E-state index contributed by atoms with van der Waals surface area (Å²) in [6, 6.07) is 13.0. The maximum absolute atomic E-state index is 13.1. The Morgan fingerprint density at radius 1 is 1.16 bits per heavy atom. The first-order chi connectivity index (χ1) is 12.2. The molecule has 5 heteroatoms. The zero-order chi connectivity index (χ0) is 18.1. The molecule has 1 heterocycles. The van der Waals surface area contributed by atoms with Crippen molar-refractivity contribution >= 4 is 5.91 Å². The maximum Gasteiger partial charge on any atom is 0.257 e. The number of para-hydroxylation sites is 1. The van der Waals surface area contributed by atoms with Gasteiger partial charge >= 0.3 is 0 Å². The molecule has 2 rings (SSSR count). The van der Waals surface area contributed by atoms with E-state index in [9.17, 15) is 4.79 Å². The first-order valence-corrected chi connectivity index (χ1v) is 8.57. The van der Waals surface area contributed by atoms with Crippen molar-refractivity contribution in [1.82, 2.24) is 9.88 Å². The average Bonchev–Trinajstić information content (AvgIpc) is 2.66. The van der Waals surface area contributed by atoms with Crippen molar-refractivity contribution in [2.45, 2.75) is 25.8 Å².